The third-order valence-electron chi connectivity index (χ3n) is 1.59. The Kier molecular flexibility index (Phi) is 5.28. The summed E-state index contributed by atoms with van der Waals surface area (Å²) >= 11 is 9.11. The second-order valence-electron chi connectivity index (χ2n) is 3.17. The second-order valence-corrected chi connectivity index (χ2v) is 4.32. The van der Waals surface area contributed by atoms with Gasteiger partial charge in [0.1, 0.15) is 17.3 Å². The molecule has 1 N–H and O–H groups in total. The predicted molar refractivity (Wildman–Crippen MR) is 64.3 cm³/mol. The van der Waals surface area contributed by atoms with Gasteiger partial charge in [-0.3, -0.25) is 0 Å². The van der Waals surface area contributed by atoms with Gasteiger partial charge in [0.15, 0.2) is 0 Å². The molecule has 1 aromatic heterocycles. The SMILES string of the molecule is CC(C)OCCNc1ncnc(Cl)c1Br. The number of nitrogens with zero attached hydrogens (tertiary/aromatic N) is 2. The quantitative estimate of drug-likeness (QED) is 0.670. The minimum absolute atomic E-state index is 0.240. The van der Waals surface area contributed by atoms with Crippen molar-refractivity contribution in [3.63, 3.8) is 0 Å². The van der Waals surface area contributed by atoms with Crippen molar-refractivity contribution in [2.45, 2.75) is 20.0 Å². The molecule has 0 aliphatic heterocycles. The largest absolute Gasteiger partial charge is 0.377 e. The zero-order valence-corrected chi connectivity index (χ0v) is 11.0. The summed E-state index contributed by atoms with van der Waals surface area (Å²) in [6.45, 7) is 5.31. The minimum Gasteiger partial charge on any atom is -0.377 e. The van der Waals surface area contributed by atoms with Gasteiger partial charge in [-0.25, -0.2) is 9.97 Å². The molecular weight excluding hydrogens is 281 g/mol. The summed E-state index contributed by atoms with van der Waals surface area (Å²) < 4.78 is 6.06. The van der Waals surface area contributed by atoms with Crippen molar-refractivity contribution in [3.8, 4) is 0 Å². The lowest BCUT2D eigenvalue weighted by atomic mass is 10.5. The molecule has 6 heteroatoms. The lowest BCUT2D eigenvalue weighted by Crippen LogP contribution is -2.14. The molecule has 0 radical (unpaired) electrons. The fourth-order valence-electron chi connectivity index (χ4n) is 0.936. The van der Waals surface area contributed by atoms with Crippen LogP contribution in [0.25, 0.3) is 0 Å². The lowest BCUT2D eigenvalue weighted by Gasteiger charge is -2.10. The van der Waals surface area contributed by atoms with Crippen LogP contribution in [0.2, 0.25) is 5.15 Å². The molecule has 0 amide bonds. The van der Waals surface area contributed by atoms with Crippen LogP contribution in [-0.4, -0.2) is 29.2 Å². The van der Waals surface area contributed by atoms with Crippen molar-refractivity contribution in [3.05, 3.63) is 16.0 Å². The minimum atomic E-state index is 0.240. The van der Waals surface area contributed by atoms with E-state index in [2.05, 4.69) is 31.2 Å². The highest BCUT2D eigenvalue weighted by Crippen LogP contribution is 2.25. The van der Waals surface area contributed by atoms with Gasteiger partial charge in [-0.15, -0.1) is 0 Å². The van der Waals surface area contributed by atoms with E-state index in [0.29, 0.717) is 28.6 Å². The number of halogens is 2. The van der Waals surface area contributed by atoms with Gasteiger partial charge in [0, 0.05) is 6.54 Å². The first-order valence-corrected chi connectivity index (χ1v) is 5.80. The van der Waals surface area contributed by atoms with Crippen LogP contribution in [0.4, 0.5) is 5.82 Å². The van der Waals surface area contributed by atoms with E-state index >= 15 is 0 Å². The molecule has 1 heterocycles. The number of nitrogens with one attached hydrogen (secondary N) is 1. The van der Waals surface area contributed by atoms with Crippen molar-refractivity contribution in [2.24, 2.45) is 0 Å². The summed E-state index contributed by atoms with van der Waals surface area (Å²) in [6.07, 6.45) is 1.66. The Bertz CT molecular complexity index is 322. The third kappa shape index (κ3) is 4.32. The Morgan fingerprint density at radius 1 is 1.53 bits per heavy atom. The van der Waals surface area contributed by atoms with Crippen LogP contribution in [0.5, 0.6) is 0 Å². The first-order chi connectivity index (χ1) is 7.11. The molecule has 0 spiro atoms. The van der Waals surface area contributed by atoms with Crippen LogP contribution in [0.15, 0.2) is 10.8 Å². The normalized spacial score (nSPS) is 10.7. The predicted octanol–water partition coefficient (Wildman–Crippen LogP) is 2.73. The molecule has 0 aliphatic rings. The van der Waals surface area contributed by atoms with Crippen molar-refractivity contribution in [1.29, 1.82) is 0 Å². The van der Waals surface area contributed by atoms with E-state index < -0.39 is 0 Å². The Hall–Kier alpha value is -0.390. The van der Waals surface area contributed by atoms with Gasteiger partial charge in [-0.1, -0.05) is 11.6 Å². The Balaban J connectivity index is 2.41. The third-order valence-corrected chi connectivity index (χ3v) is 2.86. The van der Waals surface area contributed by atoms with Crippen molar-refractivity contribution >= 4 is 33.3 Å². The molecule has 0 unspecified atom stereocenters. The maximum atomic E-state index is 5.81. The van der Waals surface area contributed by atoms with Crippen molar-refractivity contribution < 1.29 is 4.74 Å². The summed E-state index contributed by atoms with van der Waals surface area (Å²) in [6, 6.07) is 0. The van der Waals surface area contributed by atoms with E-state index in [-0.39, 0.29) is 6.10 Å². The molecule has 0 saturated heterocycles. The van der Waals surface area contributed by atoms with Gasteiger partial charge < -0.3 is 10.1 Å². The van der Waals surface area contributed by atoms with Gasteiger partial charge in [-0.05, 0) is 29.8 Å². The first kappa shape index (κ1) is 12.7. The van der Waals surface area contributed by atoms with Crippen LogP contribution in [0.1, 0.15) is 13.8 Å². The average molecular weight is 295 g/mol. The standard InChI is InChI=1S/C9H13BrClN3O/c1-6(2)15-4-3-12-9-7(10)8(11)13-5-14-9/h5-6H,3-4H2,1-2H3,(H,12,13,14). The molecule has 0 aromatic carbocycles. The summed E-state index contributed by atoms with van der Waals surface area (Å²) in [5.74, 6) is 0.683. The molecule has 0 bridgehead atoms. The van der Waals surface area contributed by atoms with E-state index in [1.165, 1.54) is 6.33 Å². The van der Waals surface area contributed by atoms with E-state index in [1.807, 2.05) is 13.8 Å². The highest BCUT2D eigenvalue weighted by Gasteiger charge is 2.05. The highest BCUT2D eigenvalue weighted by molar-refractivity contribution is 9.10. The molecule has 0 atom stereocenters. The number of rotatable bonds is 5. The Labute approximate surface area is 103 Å². The second kappa shape index (κ2) is 6.25. The summed E-state index contributed by atoms with van der Waals surface area (Å²) in [5, 5.41) is 3.50. The maximum Gasteiger partial charge on any atom is 0.148 e. The fourth-order valence-corrected chi connectivity index (χ4v) is 1.41. The first-order valence-electron chi connectivity index (χ1n) is 4.62. The zero-order valence-electron chi connectivity index (χ0n) is 8.63. The zero-order chi connectivity index (χ0) is 11.3. The topological polar surface area (TPSA) is 47.0 Å². The monoisotopic (exact) mass is 293 g/mol. The average Bonchev–Trinajstić information content (AvgIpc) is 2.18. The van der Waals surface area contributed by atoms with Gasteiger partial charge in [0.25, 0.3) is 0 Å². The highest BCUT2D eigenvalue weighted by atomic mass is 79.9. The van der Waals surface area contributed by atoms with E-state index in [9.17, 15) is 0 Å². The van der Waals surface area contributed by atoms with E-state index in [1.54, 1.807) is 0 Å². The Morgan fingerprint density at radius 3 is 2.93 bits per heavy atom. The molecule has 0 aliphatic carbocycles. The number of ether oxygens (including phenoxy) is 1. The molecule has 0 saturated carbocycles. The molecule has 4 nitrogen and oxygen atoms in total. The number of hydrogen-bond acceptors (Lipinski definition) is 4. The van der Waals surface area contributed by atoms with Gasteiger partial charge in [0.2, 0.25) is 0 Å². The molecule has 0 fully saturated rings. The maximum absolute atomic E-state index is 5.81. The Morgan fingerprint density at radius 2 is 2.27 bits per heavy atom. The fraction of sp³-hybridized carbons (Fsp3) is 0.556. The van der Waals surface area contributed by atoms with Crippen LogP contribution in [-0.2, 0) is 4.74 Å². The van der Waals surface area contributed by atoms with Crippen LogP contribution in [0.3, 0.4) is 0 Å². The van der Waals surface area contributed by atoms with Crippen LogP contribution < -0.4 is 5.32 Å². The van der Waals surface area contributed by atoms with Gasteiger partial charge in [0.05, 0.1) is 17.2 Å². The number of hydrogen-bond donors (Lipinski definition) is 1. The molecular formula is C9H13BrClN3O. The summed E-state index contributed by atoms with van der Waals surface area (Å²) in [5.41, 5.74) is 0. The lowest BCUT2D eigenvalue weighted by molar-refractivity contribution is 0.0870. The van der Waals surface area contributed by atoms with Crippen molar-refractivity contribution in [2.75, 3.05) is 18.5 Å². The number of anilines is 1. The van der Waals surface area contributed by atoms with Crippen molar-refractivity contribution in [1.82, 2.24) is 9.97 Å². The van der Waals surface area contributed by atoms with Gasteiger partial charge >= 0.3 is 0 Å². The van der Waals surface area contributed by atoms with Gasteiger partial charge in [-0.2, -0.15) is 0 Å². The van der Waals surface area contributed by atoms with Crippen LogP contribution in [0, 0.1) is 0 Å². The van der Waals surface area contributed by atoms with E-state index in [0.717, 1.165) is 0 Å². The molecule has 1 rings (SSSR count). The summed E-state index contributed by atoms with van der Waals surface area (Å²) in [4.78, 5) is 7.88. The molecule has 1 aromatic rings. The summed E-state index contributed by atoms with van der Waals surface area (Å²) in [7, 11) is 0. The van der Waals surface area contributed by atoms with Crippen LogP contribution >= 0.6 is 27.5 Å². The molecule has 84 valence electrons. The smallest absolute Gasteiger partial charge is 0.148 e. The molecule has 15 heavy (non-hydrogen) atoms. The number of aromatic nitrogens is 2. The van der Waals surface area contributed by atoms with E-state index in [4.69, 9.17) is 16.3 Å².